The van der Waals surface area contributed by atoms with Gasteiger partial charge in [0.1, 0.15) is 18.1 Å². The lowest BCUT2D eigenvalue weighted by molar-refractivity contribution is -0.121. The van der Waals surface area contributed by atoms with E-state index >= 15 is 0 Å². The lowest BCUT2D eigenvalue weighted by Gasteiger charge is -2.07. The fourth-order valence-electron chi connectivity index (χ4n) is 2.45. The number of hydrogen-bond acceptors (Lipinski definition) is 2. The van der Waals surface area contributed by atoms with Gasteiger partial charge in [0.15, 0.2) is 0 Å². The maximum atomic E-state index is 13.3. The third-order valence-electron chi connectivity index (χ3n) is 3.55. The second-order valence-electron chi connectivity index (χ2n) is 5.18. The van der Waals surface area contributed by atoms with Crippen molar-refractivity contribution in [2.45, 2.75) is 19.4 Å². The minimum atomic E-state index is -0.300. The summed E-state index contributed by atoms with van der Waals surface area (Å²) in [6, 6.07) is 10.2. The molecule has 1 amide bonds. The number of nitrogens with zero attached hydrogens (tertiary/aromatic N) is 1. The summed E-state index contributed by atoms with van der Waals surface area (Å²) in [4.78, 5) is 12.0. The lowest BCUT2D eigenvalue weighted by Crippen LogP contribution is -2.28. The Labute approximate surface area is 127 Å². The first kappa shape index (κ1) is 14.4. The van der Waals surface area contributed by atoms with Crippen LogP contribution in [0.5, 0.6) is 0 Å². The van der Waals surface area contributed by atoms with Crippen molar-refractivity contribution in [1.82, 2.24) is 9.88 Å². The molecule has 0 fully saturated rings. The van der Waals surface area contributed by atoms with Gasteiger partial charge in [-0.25, -0.2) is 4.39 Å². The molecule has 3 aromatic rings. The summed E-state index contributed by atoms with van der Waals surface area (Å²) in [6.45, 7) is 0.779. The molecular weight excluding hydrogens is 283 g/mol. The highest BCUT2D eigenvalue weighted by Crippen LogP contribution is 2.16. The third kappa shape index (κ3) is 3.36. The van der Waals surface area contributed by atoms with Crippen LogP contribution in [0.4, 0.5) is 4.39 Å². The summed E-state index contributed by atoms with van der Waals surface area (Å²) < 4.78 is 20.3. The van der Waals surface area contributed by atoms with Gasteiger partial charge in [0.25, 0.3) is 0 Å². The number of carbonyl (C=O) groups is 1. The number of nitrogens with one attached hydrogen (secondary N) is 1. The number of halogens is 1. The molecule has 1 N–H and O–H groups in total. The molecule has 0 saturated heterocycles. The molecule has 0 spiro atoms. The molecule has 3 rings (SSSR count). The Morgan fingerprint density at radius 2 is 2.18 bits per heavy atom. The molecule has 2 aromatic heterocycles. The van der Waals surface area contributed by atoms with E-state index in [2.05, 4.69) is 5.32 Å². The second-order valence-corrected chi connectivity index (χ2v) is 5.18. The average molecular weight is 300 g/mol. The van der Waals surface area contributed by atoms with E-state index in [-0.39, 0.29) is 18.3 Å². The Bertz CT molecular complexity index is 762. The largest absolute Gasteiger partial charge is 0.469 e. The normalized spacial score (nSPS) is 11.0. The van der Waals surface area contributed by atoms with Crippen LogP contribution in [-0.2, 0) is 17.8 Å². The van der Waals surface area contributed by atoms with Gasteiger partial charge in [-0.2, -0.15) is 0 Å². The maximum Gasteiger partial charge on any atom is 0.239 e. The highest BCUT2D eigenvalue weighted by Gasteiger charge is 2.07. The summed E-state index contributed by atoms with van der Waals surface area (Å²) in [5, 5.41) is 3.79. The molecule has 5 heteroatoms. The molecule has 1 aromatic carbocycles. The summed E-state index contributed by atoms with van der Waals surface area (Å²) in [7, 11) is 0. The Morgan fingerprint density at radius 3 is 3.00 bits per heavy atom. The first-order valence-electron chi connectivity index (χ1n) is 7.26. The first-order chi connectivity index (χ1) is 10.7. The Morgan fingerprint density at radius 1 is 1.27 bits per heavy atom. The van der Waals surface area contributed by atoms with Crippen molar-refractivity contribution in [2.24, 2.45) is 0 Å². The SMILES string of the molecule is O=C(Cn1ccc2ccc(F)cc21)NCCCc1ccco1. The van der Waals surface area contributed by atoms with Crippen molar-refractivity contribution < 1.29 is 13.6 Å². The molecule has 0 unspecified atom stereocenters. The molecule has 0 saturated carbocycles. The van der Waals surface area contributed by atoms with Crippen molar-refractivity contribution in [3.8, 4) is 0 Å². The van der Waals surface area contributed by atoms with Gasteiger partial charge in [-0.15, -0.1) is 0 Å². The van der Waals surface area contributed by atoms with Crippen LogP contribution in [0.25, 0.3) is 10.9 Å². The zero-order valence-corrected chi connectivity index (χ0v) is 12.1. The van der Waals surface area contributed by atoms with Crippen molar-refractivity contribution in [3.63, 3.8) is 0 Å². The summed E-state index contributed by atoms with van der Waals surface area (Å²) in [6.07, 6.45) is 5.06. The average Bonchev–Trinajstić information content (AvgIpc) is 3.14. The topological polar surface area (TPSA) is 47.2 Å². The fraction of sp³-hybridized carbons (Fsp3) is 0.235. The lowest BCUT2D eigenvalue weighted by atomic mass is 10.2. The number of benzene rings is 1. The van der Waals surface area contributed by atoms with Crippen molar-refractivity contribution in [2.75, 3.05) is 6.54 Å². The van der Waals surface area contributed by atoms with E-state index in [1.165, 1.54) is 12.1 Å². The molecule has 0 aliphatic carbocycles. The van der Waals surface area contributed by atoms with E-state index in [0.717, 1.165) is 29.5 Å². The van der Waals surface area contributed by atoms with Crippen molar-refractivity contribution in [1.29, 1.82) is 0 Å². The minimum Gasteiger partial charge on any atom is -0.469 e. The van der Waals surface area contributed by atoms with Gasteiger partial charge >= 0.3 is 0 Å². The molecule has 2 heterocycles. The Kier molecular flexibility index (Phi) is 4.23. The van der Waals surface area contributed by atoms with Gasteiger partial charge in [-0.1, -0.05) is 0 Å². The van der Waals surface area contributed by atoms with E-state index in [1.807, 2.05) is 18.2 Å². The fourth-order valence-corrected chi connectivity index (χ4v) is 2.45. The Hall–Kier alpha value is -2.56. The summed E-state index contributed by atoms with van der Waals surface area (Å²) in [5.41, 5.74) is 0.728. The third-order valence-corrected chi connectivity index (χ3v) is 3.55. The first-order valence-corrected chi connectivity index (χ1v) is 7.26. The highest BCUT2D eigenvalue weighted by molar-refractivity contribution is 5.83. The number of rotatable bonds is 6. The number of aryl methyl sites for hydroxylation is 1. The standard InChI is InChI=1S/C17H17FN2O2/c18-14-6-5-13-7-9-20(16(13)11-14)12-17(21)19-8-1-3-15-4-2-10-22-15/h2,4-7,9-11H,1,3,8,12H2,(H,19,21). The zero-order valence-electron chi connectivity index (χ0n) is 12.1. The van der Waals surface area contributed by atoms with Crippen molar-refractivity contribution >= 4 is 16.8 Å². The number of carbonyl (C=O) groups excluding carboxylic acids is 1. The van der Waals surface area contributed by atoms with Gasteiger partial charge in [-0.05, 0) is 48.2 Å². The van der Waals surface area contributed by atoms with Crippen LogP contribution in [-0.4, -0.2) is 17.0 Å². The number of fused-ring (bicyclic) bond motifs is 1. The predicted octanol–water partition coefficient (Wildman–Crippen LogP) is 3.12. The smallest absolute Gasteiger partial charge is 0.239 e. The number of amides is 1. The zero-order chi connectivity index (χ0) is 15.4. The van der Waals surface area contributed by atoms with E-state index in [9.17, 15) is 9.18 Å². The predicted molar refractivity (Wildman–Crippen MR) is 81.9 cm³/mol. The highest BCUT2D eigenvalue weighted by atomic mass is 19.1. The van der Waals surface area contributed by atoms with Crippen molar-refractivity contribution in [3.05, 3.63) is 60.4 Å². The molecule has 114 valence electrons. The van der Waals surface area contributed by atoms with Crippen LogP contribution >= 0.6 is 0 Å². The number of furan rings is 1. The van der Waals surface area contributed by atoms with Crippen LogP contribution in [0.15, 0.2) is 53.3 Å². The van der Waals surface area contributed by atoms with E-state index < -0.39 is 0 Å². The molecule has 0 radical (unpaired) electrons. The summed E-state index contributed by atoms with van der Waals surface area (Å²) in [5.74, 6) is 0.536. The number of aromatic nitrogens is 1. The molecule has 22 heavy (non-hydrogen) atoms. The van der Waals surface area contributed by atoms with E-state index in [0.29, 0.717) is 6.54 Å². The van der Waals surface area contributed by atoms with Gasteiger partial charge < -0.3 is 14.3 Å². The van der Waals surface area contributed by atoms with Gasteiger partial charge in [0.05, 0.1) is 11.8 Å². The number of hydrogen-bond donors (Lipinski definition) is 1. The van der Waals surface area contributed by atoms with E-state index in [1.54, 1.807) is 23.1 Å². The van der Waals surface area contributed by atoms with E-state index in [4.69, 9.17) is 4.42 Å². The quantitative estimate of drug-likeness (QED) is 0.711. The monoisotopic (exact) mass is 300 g/mol. The van der Waals surface area contributed by atoms with Crippen LogP contribution < -0.4 is 5.32 Å². The summed E-state index contributed by atoms with van der Waals surface area (Å²) >= 11 is 0. The minimum absolute atomic E-state index is 0.0822. The van der Waals surface area contributed by atoms with Gasteiger partial charge in [0, 0.05) is 19.2 Å². The van der Waals surface area contributed by atoms with Crippen LogP contribution in [0.1, 0.15) is 12.2 Å². The Balaban J connectivity index is 1.51. The molecule has 0 aliphatic rings. The van der Waals surface area contributed by atoms with Gasteiger partial charge in [0.2, 0.25) is 5.91 Å². The molecular formula is C17H17FN2O2. The van der Waals surface area contributed by atoms with Gasteiger partial charge in [-0.3, -0.25) is 4.79 Å². The molecule has 0 bridgehead atoms. The van der Waals surface area contributed by atoms with Crippen LogP contribution in [0.3, 0.4) is 0 Å². The maximum absolute atomic E-state index is 13.3. The van der Waals surface area contributed by atoms with Crippen LogP contribution in [0, 0.1) is 5.82 Å². The second kappa shape index (κ2) is 6.47. The molecule has 0 atom stereocenters. The molecule has 4 nitrogen and oxygen atoms in total. The van der Waals surface area contributed by atoms with Crippen LogP contribution in [0.2, 0.25) is 0 Å². The molecule has 0 aliphatic heterocycles.